The zero-order valence-electron chi connectivity index (χ0n) is 19.0. The van der Waals surface area contributed by atoms with Crippen LogP contribution in [0.3, 0.4) is 0 Å². The SMILES string of the molecule is CC(C)[C@@H]1C(=O)N[C@@H](c2ccc(F)cc2)C/C=C/C[C@@H](C)Oc2ccccc2C(=O)N1C. The van der Waals surface area contributed by atoms with E-state index in [0.717, 1.165) is 5.56 Å². The van der Waals surface area contributed by atoms with Crippen molar-refractivity contribution in [3.05, 3.63) is 77.6 Å². The first-order valence-corrected chi connectivity index (χ1v) is 11.0. The predicted molar refractivity (Wildman–Crippen MR) is 123 cm³/mol. The van der Waals surface area contributed by atoms with Crippen LogP contribution in [-0.4, -0.2) is 35.9 Å². The normalized spacial score (nSPS) is 23.7. The Hall–Kier alpha value is -3.15. The number of fused-ring (bicyclic) bond motifs is 1. The van der Waals surface area contributed by atoms with Crippen LogP contribution in [0.2, 0.25) is 0 Å². The first-order chi connectivity index (χ1) is 15.3. The van der Waals surface area contributed by atoms with Gasteiger partial charge in [-0.2, -0.15) is 0 Å². The van der Waals surface area contributed by atoms with E-state index in [1.54, 1.807) is 37.4 Å². The average Bonchev–Trinajstić information content (AvgIpc) is 2.75. The molecule has 0 aromatic heterocycles. The van der Waals surface area contributed by atoms with Gasteiger partial charge in [0.15, 0.2) is 0 Å². The van der Waals surface area contributed by atoms with Crippen LogP contribution in [0.4, 0.5) is 4.39 Å². The second kappa shape index (κ2) is 10.4. The summed E-state index contributed by atoms with van der Waals surface area (Å²) in [5.74, 6) is -0.454. The Bertz CT molecular complexity index is 971. The van der Waals surface area contributed by atoms with E-state index >= 15 is 0 Å². The Morgan fingerprint density at radius 3 is 2.38 bits per heavy atom. The van der Waals surface area contributed by atoms with E-state index in [4.69, 9.17) is 4.74 Å². The Labute approximate surface area is 189 Å². The van der Waals surface area contributed by atoms with Gasteiger partial charge >= 0.3 is 0 Å². The van der Waals surface area contributed by atoms with Crippen molar-refractivity contribution in [1.29, 1.82) is 0 Å². The maximum atomic E-state index is 13.4. The van der Waals surface area contributed by atoms with Crippen LogP contribution in [0.25, 0.3) is 0 Å². The lowest BCUT2D eigenvalue weighted by molar-refractivity contribution is -0.127. The average molecular weight is 439 g/mol. The Kier molecular flexibility index (Phi) is 7.67. The van der Waals surface area contributed by atoms with E-state index in [-0.39, 0.29) is 35.7 Å². The number of likely N-dealkylation sites (N-methyl/N-ethyl adjacent to an activating group) is 1. The minimum Gasteiger partial charge on any atom is -0.490 e. The molecule has 6 heteroatoms. The van der Waals surface area contributed by atoms with Crippen LogP contribution in [-0.2, 0) is 4.79 Å². The number of hydrogen-bond donors (Lipinski definition) is 1. The van der Waals surface area contributed by atoms with E-state index < -0.39 is 6.04 Å². The zero-order chi connectivity index (χ0) is 23.3. The van der Waals surface area contributed by atoms with Crippen LogP contribution >= 0.6 is 0 Å². The lowest BCUT2D eigenvalue weighted by Crippen LogP contribution is -2.51. The van der Waals surface area contributed by atoms with Crippen molar-refractivity contribution in [1.82, 2.24) is 10.2 Å². The Morgan fingerprint density at radius 2 is 1.69 bits per heavy atom. The van der Waals surface area contributed by atoms with Crippen molar-refractivity contribution < 1.29 is 18.7 Å². The molecule has 0 aliphatic carbocycles. The number of carbonyl (C=O) groups is 2. The Balaban J connectivity index is 1.99. The summed E-state index contributed by atoms with van der Waals surface area (Å²) in [4.78, 5) is 28.2. The minimum absolute atomic E-state index is 0.117. The van der Waals surface area contributed by atoms with Gasteiger partial charge in [0.2, 0.25) is 5.91 Å². The maximum Gasteiger partial charge on any atom is 0.258 e. The first kappa shape index (κ1) is 23.5. The summed E-state index contributed by atoms with van der Waals surface area (Å²) >= 11 is 0. The third-order valence-corrected chi connectivity index (χ3v) is 5.68. The molecular weight excluding hydrogens is 407 g/mol. The highest BCUT2D eigenvalue weighted by atomic mass is 19.1. The van der Waals surface area contributed by atoms with Gasteiger partial charge in [-0.25, -0.2) is 4.39 Å². The number of halogens is 1. The zero-order valence-corrected chi connectivity index (χ0v) is 19.0. The fraction of sp³-hybridized carbons (Fsp3) is 0.385. The molecule has 0 saturated heterocycles. The van der Waals surface area contributed by atoms with E-state index in [0.29, 0.717) is 24.2 Å². The van der Waals surface area contributed by atoms with Crippen LogP contribution in [0.5, 0.6) is 5.75 Å². The van der Waals surface area contributed by atoms with Gasteiger partial charge in [0.25, 0.3) is 5.91 Å². The monoisotopic (exact) mass is 438 g/mol. The lowest BCUT2D eigenvalue weighted by Gasteiger charge is -2.32. The summed E-state index contributed by atoms with van der Waals surface area (Å²) in [5.41, 5.74) is 1.24. The molecule has 3 atom stereocenters. The smallest absolute Gasteiger partial charge is 0.258 e. The van der Waals surface area contributed by atoms with Gasteiger partial charge in [0.05, 0.1) is 17.7 Å². The highest BCUT2D eigenvalue weighted by molar-refractivity contribution is 5.99. The predicted octanol–water partition coefficient (Wildman–Crippen LogP) is 4.90. The number of rotatable bonds is 2. The van der Waals surface area contributed by atoms with Gasteiger partial charge in [-0.1, -0.05) is 50.3 Å². The summed E-state index contributed by atoms with van der Waals surface area (Å²) in [5, 5.41) is 3.09. The number of para-hydroxylation sites is 1. The quantitative estimate of drug-likeness (QED) is 0.679. The number of hydrogen-bond acceptors (Lipinski definition) is 3. The van der Waals surface area contributed by atoms with Crippen LogP contribution in [0, 0.1) is 11.7 Å². The molecule has 1 N–H and O–H groups in total. The van der Waals surface area contributed by atoms with Crippen molar-refractivity contribution >= 4 is 11.8 Å². The van der Waals surface area contributed by atoms with Crippen molar-refractivity contribution in [3.8, 4) is 5.75 Å². The summed E-state index contributed by atoms with van der Waals surface area (Å²) < 4.78 is 19.5. The van der Waals surface area contributed by atoms with Crippen LogP contribution < -0.4 is 10.1 Å². The molecule has 2 amide bonds. The molecule has 2 aromatic rings. The number of nitrogens with zero attached hydrogens (tertiary/aromatic N) is 1. The maximum absolute atomic E-state index is 13.4. The standard InChI is InChI=1S/C26H31FN2O3/c1-17(2)24-25(30)28-22(19-13-15-20(27)16-14-19)11-7-5-9-18(3)32-23-12-8-6-10-21(23)26(31)29(24)4/h5-8,10,12-18,22,24H,9,11H2,1-4H3,(H,28,30)/b7-5+/t18-,22-,24-/m1/s1. The first-order valence-electron chi connectivity index (χ1n) is 11.0. The molecule has 0 saturated carbocycles. The van der Waals surface area contributed by atoms with Gasteiger partial charge in [0.1, 0.15) is 17.6 Å². The highest BCUT2D eigenvalue weighted by Crippen LogP contribution is 2.25. The van der Waals surface area contributed by atoms with Crippen LogP contribution in [0.15, 0.2) is 60.7 Å². The molecule has 1 aliphatic heterocycles. The molecule has 0 spiro atoms. The van der Waals surface area contributed by atoms with Gasteiger partial charge in [-0.3, -0.25) is 9.59 Å². The molecule has 170 valence electrons. The summed E-state index contributed by atoms with van der Waals surface area (Å²) in [6.07, 6.45) is 5.08. The second-order valence-electron chi connectivity index (χ2n) is 8.59. The number of ether oxygens (including phenoxy) is 1. The van der Waals surface area contributed by atoms with Gasteiger partial charge in [0, 0.05) is 13.5 Å². The molecule has 0 radical (unpaired) electrons. The van der Waals surface area contributed by atoms with Crippen molar-refractivity contribution in [2.75, 3.05) is 7.05 Å². The molecule has 0 unspecified atom stereocenters. The van der Waals surface area contributed by atoms with Crippen molar-refractivity contribution in [2.45, 2.75) is 51.8 Å². The second-order valence-corrected chi connectivity index (χ2v) is 8.59. The van der Waals surface area contributed by atoms with Gasteiger partial charge < -0.3 is 15.0 Å². The fourth-order valence-electron chi connectivity index (χ4n) is 4.00. The number of amides is 2. The summed E-state index contributed by atoms with van der Waals surface area (Å²) in [6.45, 7) is 5.78. The number of nitrogens with one attached hydrogen (secondary N) is 1. The van der Waals surface area contributed by atoms with E-state index in [1.807, 2.05) is 39.0 Å². The largest absolute Gasteiger partial charge is 0.490 e. The van der Waals surface area contributed by atoms with Gasteiger partial charge in [-0.05, 0) is 49.1 Å². The lowest BCUT2D eigenvalue weighted by atomic mass is 9.98. The van der Waals surface area contributed by atoms with E-state index in [2.05, 4.69) is 5.32 Å². The minimum atomic E-state index is -0.678. The highest BCUT2D eigenvalue weighted by Gasteiger charge is 2.33. The fourth-order valence-corrected chi connectivity index (χ4v) is 4.00. The number of benzene rings is 2. The molecule has 1 heterocycles. The van der Waals surface area contributed by atoms with Crippen molar-refractivity contribution in [3.63, 3.8) is 0 Å². The molecule has 3 rings (SSSR count). The third-order valence-electron chi connectivity index (χ3n) is 5.68. The van der Waals surface area contributed by atoms with Crippen LogP contribution in [0.1, 0.15) is 55.6 Å². The van der Waals surface area contributed by atoms with Crippen molar-refractivity contribution in [2.24, 2.45) is 5.92 Å². The van der Waals surface area contributed by atoms with Gasteiger partial charge in [-0.15, -0.1) is 0 Å². The molecule has 0 bridgehead atoms. The Morgan fingerprint density at radius 1 is 1.03 bits per heavy atom. The summed E-state index contributed by atoms with van der Waals surface area (Å²) in [6, 6.07) is 12.2. The molecule has 1 aliphatic rings. The molecule has 5 nitrogen and oxygen atoms in total. The molecular formula is C26H31FN2O3. The van der Waals surface area contributed by atoms with E-state index in [9.17, 15) is 14.0 Å². The summed E-state index contributed by atoms with van der Waals surface area (Å²) in [7, 11) is 1.64. The molecule has 2 aromatic carbocycles. The topological polar surface area (TPSA) is 58.6 Å². The molecule has 0 fully saturated rings. The van der Waals surface area contributed by atoms with E-state index in [1.165, 1.54) is 17.0 Å². The number of carbonyl (C=O) groups excluding carboxylic acids is 2. The third kappa shape index (κ3) is 5.55. The molecule has 32 heavy (non-hydrogen) atoms.